The van der Waals surface area contributed by atoms with Gasteiger partial charge in [-0.3, -0.25) is 5.32 Å². The molecule has 0 fully saturated rings. The van der Waals surface area contributed by atoms with E-state index in [1.165, 1.54) is 0 Å². The van der Waals surface area contributed by atoms with Gasteiger partial charge in [-0.05, 0) is 33.6 Å². The number of nitrogens with one attached hydrogen (secondary N) is 1. The van der Waals surface area contributed by atoms with Crippen molar-refractivity contribution < 1.29 is 9.53 Å². The normalized spacial score (nSPS) is 10.0. The SMILES string of the molecule is O=C(Nc1nc(Br)ccc1Cl)OCc1ccccc1. The molecule has 1 aromatic carbocycles. The lowest BCUT2D eigenvalue weighted by molar-refractivity contribution is 0.155. The van der Waals surface area contributed by atoms with Gasteiger partial charge in [-0.25, -0.2) is 9.78 Å². The van der Waals surface area contributed by atoms with Gasteiger partial charge in [0.2, 0.25) is 0 Å². The lowest BCUT2D eigenvalue weighted by Gasteiger charge is -2.07. The molecule has 0 atom stereocenters. The average Bonchev–Trinajstić information content (AvgIpc) is 2.42. The zero-order valence-corrected chi connectivity index (χ0v) is 12.1. The van der Waals surface area contributed by atoms with Gasteiger partial charge in [0.25, 0.3) is 0 Å². The van der Waals surface area contributed by atoms with Crippen molar-refractivity contribution in [1.29, 1.82) is 0 Å². The predicted octanol–water partition coefficient (Wildman–Crippen LogP) is 4.25. The number of ether oxygens (including phenoxy) is 1. The van der Waals surface area contributed by atoms with E-state index in [2.05, 4.69) is 26.2 Å². The van der Waals surface area contributed by atoms with E-state index in [-0.39, 0.29) is 12.4 Å². The maximum Gasteiger partial charge on any atom is 0.413 e. The van der Waals surface area contributed by atoms with Gasteiger partial charge in [-0.1, -0.05) is 41.9 Å². The fourth-order valence-electron chi connectivity index (χ4n) is 1.36. The van der Waals surface area contributed by atoms with Gasteiger partial charge in [0.05, 0.1) is 5.02 Å². The van der Waals surface area contributed by atoms with Crippen LogP contribution in [0.3, 0.4) is 0 Å². The zero-order valence-electron chi connectivity index (χ0n) is 9.77. The summed E-state index contributed by atoms with van der Waals surface area (Å²) < 4.78 is 5.64. The first kappa shape index (κ1) is 13.8. The number of nitrogens with zero attached hydrogens (tertiary/aromatic N) is 1. The number of hydrogen-bond donors (Lipinski definition) is 1. The largest absolute Gasteiger partial charge is 0.444 e. The molecule has 1 heterocycles. The molecule has 1 aromatic heterocycles. The summed E-state index contributed by atoms with van der Waals surface area (Å²) >= 11 is 9.10. The molecule has 0 aliphatic rings. The van der Waals surface area contributed by atoms with Crippen molar-refractivity contribution in [3.8, 4) is 0 Å². The standard InChI is InChI=1S/C13H10BrClN2O2/c14-11-7-6-10(15)12(16-11)17-13(18)19-8-9-4-2-1-3-5-9/h1-7H,8H2,(H,16,17,18). The van der Waals surface area contributed by atoms with Crippen LogP contribution in [0.4, 0.5) is 10.6 Å². The molecule has 1 amide bonds. The van der Waals surface area contributed by atoms with E-state index < -0.39 is 6.09 Å². The second-order valence-electron chi connectivity index (χ2n) is 3.65. The molecule has 0 saturated heterocycles. The van der Waals surface area contributed by atoms with Crippen LogP contribution < -0.4 is 5.32 Å². The summed E-state index contributed by atoms with van der Waals surface area (Å²) in [6.45, 7) is 0.193. The summed E-state index contributed by atoms with van der Waals surface area (Å²) in [5, 5.41) is 2.83. The van der Waals surface area contributed by atoms with E-state index in [1.54, 1.807) is 12.1 Å². The minimum Gasteiger partial charge on any atom is -0.444 e. The van der Waals surface area contributed by atoms with E-state index >= 15 is 0 Å². The van der Waals surface area contributed by atoms with Crippen LogP contribution in [0, 0.1) is 0 Å². The Bertz CT molecular complexity index is 578. The Kier molecular flexibility index (Phi) is 4.76. The highest BCUT2D eigenvalue weighted by atomic mass is 79.9. The third-order valence-corrected chi connectivity index (χ3v) is 2.99. The summed E-state index contributed by atoms with van der Waals surface area (Å²) in [6.07, 6.45) is -0.601. The third kappa shape index (κ3) is 4.22. The number of amides is 1. The van der Waals surface area contributed by atoms with Crippen molar-refractivity contribution in [2.45, 2.75) is 6.61 Å². The average molecular weight is 342 g/mol. The van der Waals surface area contributed by atoms with Crippen molar-refractivity contribution in [2.24, 2.45) is 0 Å². The number of hydrogen-bond acceptors (Lipinski definition) is 3. The fourth-order valence-corrected chi connectivity index (χ4v) is 1.82. The number of halogens is 2. The number of rotatable bonds is 3. The van der Waals surface area contributed by atoms with Crippen molar-refractivity contribution in [3.63, 3.8) is 0 Å². The van der Waals surface area contributed by atoms with Crippen LogP contribution in [0.25, 0.3) is 0 Å². The summed E-state index contributed by atoms with van der Waals surface area (Å²) in [6, 6.07) is 12.7. The number of pyridine rings is 1. The molecule has 0 aliphatic heterocycles. The first-order valence-electron chi connectivity index (χ1n) is 5.45. The molecule has 0 unspecified atom stereocenters. The highest BCUT2D eigenvalue weighted by Crippen LogP contribution is 2.21. The molecular formula is C13H10BrClN2O2. The Morgan fingerprint density at radius 1 is 1.26 bits per heavy atom. The van der Waals surface area contributed by atoms with Gasteiger partial charge in [-0.15, -0.1) is 0 Å². The maximum absolute atomic E-state index is 11.6. The highest BCUT2D eigenvalue weighted by molar-refractivity contribution is 9.10. The molecule has 1 N–H and O–H groups in total. The van der Waals surface area contributed by atoms with Crippen molar-refractivity contribution in [2.75, 3.05) is 5.32 Å². The first-order chi connectivity index (χ1) is 9.15. The smallest absolute Gasteiger partial charge is 0.413 e. The van der Waals surface area contributed by atoms with Gasteiger partial charge < -0.3 is 4.74 Å². The van der Waals surface area contributed by atoms with Gasteiger partial charge in [0.15, 0.2) is 5.82 Å². The quantitative estimate of drug-likeness (QED) is 0.849. The summed E-state index contributed by atoms with van der Waals surface area (Å²) in [7, 11) is 0. The van der Waals surface area contributed by atoms with E-state index in [4.69, 9.17) is 16.3 Å². The highest BCUT2D eigenvalue weighted by Gasteiger charge is 2.08. The topological polar surface area (TPSA) is 51.2 Å². The van der Waals surface area contributed by atoms with Crippen LogP contribution in [0.15, 0.2) is 47.1 Å². The number of aromatic nitrogens is 1. The number of carbonyl (C=O) groups excluding carboxylic acids is 1. The molecule has 0 spiro atoms. The van der Waals surface area contributed by atoms with E-state index in [0.29, 0.717) is 9.63 Å². The molecule has 0 aliphatic carbocycles. The lowest BCUT2D eigenvalue weighted by atomic mass is 10.2. The Hall–Kier alpha value is -1.59. The van der Waals surface area contributed by atoms with Crippen molar-refractivity contribution in [1.82, 2.24) is 4.98 Å². The molecule has 0 bridgehead atoms. The molecule has 6 heteroatoms. The second-order valence-corrected chi connectivity index (χ2v) is 4.87. The van der Waals surface area contributed by atoms with Crippen LogP contribution in [-0.2, 0) is 11.3 Å². The monoisotopic (exact) mass is 340 g/mol. The molecule has 2 rings (SSSR count). The van der Waals surface area contributed by atoms with Crippen molar-refractivity contribution >= 4 is 39.4 Å². The lowest BCUT2D eigenvalue weighted by Crippen LogP contribution is -2.14. The zero-order chi connectivity index (χ0) is 13.7. The Balaban J connectivity index is 1.93. The Morgan fingerprint density at radius 3 is 2.74 bits per heavy atom. The van der Waals surface area contributed by atoms with Crippen LogP contribution in [0.1, 0.15) is 5.56 Å². The molecule has 4 nitrogen and oxygen atoms in total. The maximum atomic E-state index is 11.6. The molecule has 19 heavy (non-hydrogen) atoms. The van der Waals surface area contributed by atoms with Gasteiger partial charge in [0.1, 0.15) is 11.2 Å². The summed E-state index contributed by atoms with van der Waals surface area (Å²) in [5.41, 5.74) is 0.908. The van der Waals surface area contributed by atoms with E-state index in [1.807, 2.05) is 30.3 Å². The molecule has 0 saturated carbocycles. The number of carbonyl (C=O) groups is 1. The minimum absolute atomic E-state index is 0.193. The molecule has 0 radical (unpaired) electrons. The van der Waals surface area contributed by atoms with E-state index in [9.17, 15) is 4.79 Å². The number of anilines is 1. The number of benzene rings is 1. The van der Waals surface area contributed by atoms with Crippen LogP contribution >= 0.6 is 27.5 Å². The van der Waals surface area contributed by atoms with Crippen LogP contribution in [-0.4, -0.2) is 11.1 Å². The Labute approximate surface area is 123 Å². The van der Waals surface area contributed by atoms with Crippen LogP contribution in [0.5, 0.6) is 0 Å². The van der Waals surface area contributed by atoms with Gasteiger partial charge >= 0.3 is 6.09 Å². The summed E-state index contributed by atoms with van der Waals surface area (Å²) in [4.78, 5) is 15.6. The molecule has 98 valence electrons. The van der Waals surface area contributed by atoms with Crippen molar-refractivity contribution in [3.05, 3.63) is 57.7 Å². The second kappa shape index (κ2) is 6.54. The van der Waals surface area contributed by atoms with Gasteiger partial charge in [0, 0.05) is 0 Å². The Morgan fingerprint density at radius 2 is 2.00 bits per heavy atom. The van der Waals surface area contributed by atoms with Crippen LogP contribution in [0.2, 0.25) is 5.02 Å². The first-order valence-corrected chi connectivity index (χ1v) is 6.62. The minimum atomic E-state index is -0.601. The summed E-state index contributed by atoms with van der Waals surface area (Å²) in [5.74, 6) is 0.258. The molecule has 2 aromatic rings. The third-order valence-electron chi connectivity index (χ3n) is 2.25. The predicted molar refractivity (Wildman–Crippen MR) is 77.2 cm³/mol. The van der Waals surface area contributed by atoms with E-state index in [0.717, 1.165) is 5.56 Å². The fraction of sp³-hybridized carbons (Fsp3) is 0.0769. The molecular weight excluding hydrogens is 332 g/mol. The van der Waals surface area contributed by atoms with Gasteiger partial charge in [-0.2, -0.15) is 0 Å².